The lowest BCUT2D eigenvalue weighted by atomic mass is 9.92. The summed E-state index contributed by atoms with van der Waals surface area (Å²) in [7, 11) is 0. The Bertz CT molecular complexity index is 1150. The van der Waals surface area contributed by atoms with Crippen LogP contribution in [0.2, 0.25) is 0 Å². The van der Waals surface area contributed by atoms with Gasteiger partial charge in [0.25, 0.3) is 5.56 Å². The number of aromatic amines is 1. The number of rotatable bonds is 1. The van der Waals surface area contributed by atoms with E-state index in [1.807, 2.05) is 25.1 Å². The van der Waals surface area contributed by atoms with Gasteiger partial charge in [-0.25, -0.2) is 0 Å². The summed E-state index contributed by atoms with van der Waals surface area (Å²) >= 11 is 0. The van der Waals surface area contributed by atoms with Crippen molar-refractivity contribution in [3.05, 3.63) is 70.3 Å². The van der Waals surface area contributed by atoms with Gasteiger partial charge in [-0.1, -0.05) is 63.2 Å². The van der Waals surface area contributed by atoms with Crippen molar-refractivity contribution in [3.8, 4) is 11.1 Å². The summed E-state index contributed by atoms with van der Waals surface area (Å²) < 4.78 is 1.47. The Labute approximate surface area is 146 Å². The summed E-state index contributed by atoms with van der Waals surface area (Å²) in [5.74, 6) is 0. The van der Waals surface area contributed by atoms with E-state index in [2.05, 4.69) is 55.1 Å². The number of nitrogens with one attached hydrogen (secondary N) is 1. The Morgan fingerprint density at radius 2 is 1.76 bits per heavy atom. The number of nitrogens with zero attached hydrogens (tertiary/aromatic N) is 2. The van der Waals surface area contributed by atoms with Gasteiger partial charge < -0.3 is 4.98 Å². The van der Waals surface area contributed by atoms with Crippen LogP contribution in [0.1, 0.15) is 32.2 Å². The third kappa shape index (κ3) is 2.45. The highest BCUT2D eigenvalue weighted by molar-refractivity contribution is 6.00. The molecule has 2 heterocycles. The first-order valence-corrected chi connectivity index (χ1v) is 8.47. The van der Waals surface area contributed by atoms with Gasteiger partial charge in [-0.3, -0.25) is 4.79 Å². The number of aromatic nitrogens is 3. The molecule has 0 aliphatic carbocycles. The molecule has 0 amide bonds. The number of aryl methyl sites for hydroxylation is 1. The SMILES string of the molecule is Cc1nn2c(=O)cc(C(C)(C)C)[nH]c2c1-c1cccc2ccccc12. The van der Waals surface area contributed by atoms with E-state index in [4.69, 9.17) is 0 Å². The van der Waals surface area contributed by atoms with Gasteiger partial charge in [0.05, 0.1) is 5.69 Å². The Morgan fingerprint density at radius 3 is 2.52 bits per heavy atom. The molecule has 0 radical (unpaired) electrons. The molecule has 0 aliphatic rings. The van der Waals surface area contributed by atoms with E-state index in [-0.39, 0.29) is 11.0 Å². The maximum absolute atomic E-state index is 12.6. The predicted molar refractivity (Wildman–Crippen MR) is 102 cm³/mol. The van der Waals surface area contributed by atoms with Crippen LogP contribution < -0.4 is 5.56 Å². The van der Waals surface area contributed by atoms with E-state index in [0.29, 0.717) is 0 Å². The van der Waals surface area contributed by atoms with E-state index in [0.717, 1.165) is 33.5 Å². The molecule has 0 saturated carbocycles. The van der Waals surface area contributed by atoms with Gasteiger partial charge >= 0.3 is 0 Å². The fourth-order valence-electron chi connectivity index (χ4n) is 3.32. The minimum Gasteiger partial charge on any atom is -0.342 e. The van der Waals surface area contributed by atoms with E-state index >= 15 is 0 Å². The van der Waals surface area contributed by atoms with Crippen LogP contribution in [-0.4, -0.2) is 14.6 Å². The summed E-state index contributed by atoms with van der Waals surface area (Å²) in [4.78, 5) is 16.0. The average molecular weight is 331 g/mol. The highest BCUT2D eigenvalue weighted by Gasteiger charge is 2.21. The minimum absolute atomic E-state index is 0.103. The molecule has 0 saturated heterocycles. The second-order valence-electron chi connectivity index (χ2n) is 7.52. The first-order valence-electron chi connectivity index (χ1n) is 8.47. The van der Waals surface area contributed by atoms with Crippen LogP contribution in [0.3, 0.4) is 0 Å². The Balaban J connectivity index is 2.13. The van der Waals surface area contributed by atoms with E-state index in [1.54, 1.807) is 6.07 Å². The molecule has 4 aromatic rings. The lowest BCUT2D eigenvalue weighted by Crippen LogP contribution is -2.22. The molecule has 1 N–H and O–H groups in total. The molecule has 4 nitrogen and oxygen atoms in total. The molecule has 2 aromatic carbocycles. The molecule has 0 atom stereocenters. The second kappa shape index (κ2) is 5.31. The molecule has 126 valence electrons. The third-order valence-electron chi connectivity index (χ3n) is 4.66. The highest BCUT2D eigenvalue weighted by Crippen LogP contribution is 2.33. The molecule has 0 aliphatic heterocycles. The lowest BCUT2D eigenvalue weighted by Gasteiger charge is -2.18. The monoisotopic (exact) mass is 331 g/mol. The van der Waals surface area contributed by atoms with Crippen molar-refractivity contribution in [1.29, 1.82) is 0 Å². The van der Waals surface area contributed by atoms with Gasteiger partial charge in [-0.15, -0.1) is 0 Å². The molecular formula is C21H21N3O. The normalized spacial score (nSPS) is 12.2. The standard InChI is InChI=1S/C21H21N3O/c1-13-19(16-11-7-9-14-8-5-6-10-15(14)16)20-22-17(21(2,3)4)12-18(25)24(20)23-13/h5-12,22H,1-4H3. The largest absolute Gasteiger partial charge is 0.342 e. The highest BCUT2D eigenvalue weighted by atomic mass is 16.1. The molecular weight excluding hydrogens is 310 g/mol. The zero-order valence-corrected chi connectivity index (χ0v) is 14.9. The molecule has 25 heavy (non-hydrogen) atoms. The van der Waals surface area contributed by atoms with Crippen molar-refractivity contribution in [2.24, 2.45) is 0 Å². The fourth-order valence-corrected chi connectivity index (χ4v) is 3.32. The average Bonchev–Trinajstić information content (AvgIpc) is 2.90. The number of fused-ring (bicyclic) bond motifs is 2. The molecule has 0 fully saturated rings. The van der Waals surface area contributed by atoms with Crippen molar-refractivity contribution in [1.82, 2.24) is 14.6 Å². The molecule has 4 heteroatoms. The van der Waals surface area contributed by atoms with Crippen molar-refractivity contribution < 1.29 is 0 Å². The van der Waals surface area contributed by atoms with Crippen LogP contribution in [0.5, 0.6) is 0 Å². The summed E-state index contributed by atoms with van der Waals surface area (Å²) in [6, 6.07) is 16.2. The first-order chi connectivity index (χ1) is 11.9. The van der Waals surface area contributed by atoms with Crippen molar-refractivity contribution in [2.45, 2.75) is 33.1 Å². The zero-order chi connectivity index (χ0) is 17.8. The van der Waals surface area contributed by atoms with Crippen molar-refractivity contribution in [2.75, 3.05) is 0 Å². The van der Waals surface area contributed by atoms with Crippen LogP contribution in [0.4, 0.5) is 0 Å². The number of benzene rings is 2. The van der Waals surface area contributed by atoms with E-state index < -0.39 is 0 Å². The smallest absolute Gasteiger partial charge is 0.274 e. The predicted octanol–water partition coefficient (Wildman–Crippen LogP) is 4.45. The minimum atomic E-state index is -0.144. The zero-order valence-electron chi connectivity index (χ0n) is 14.9. The topological polar surface area (TPSA) is 50.2 Å². The van der Waals surface area contributed by atoms with Gasteiger partial charge in [0.2, 0.25) is 0 Å². The molecule has 0 spiro atoms. The lowest BCUT2D eigenvalue weighted by molar-refractivity contribution is 0.566. The van der Waals surface area contributed by atoms with Crippen LogP contribution in [0.15, 0.2) is 53.3 Å². The Morgan fingerprint density at radius 1 is 1.04 bits per heavy atom. The summed E-state index contributed by atoms with van der Waals surface area (Å²) in [5, 5.41) is 6.82. The van der Waals surface area contributed by atoms with Crippen LogP contribution in [0.25, 0.3) is 27.5 Å². The summed E-state index contributed by atoms with van der Waals surface area (Å²) in [5.41, 5.74) is 4.34. The van der Waals surface area contributed by atoms with Gasteiger partial charge in [-0.05, 0) is 23.3 Å². The molecule has 2 aromatic heterocycles. The molecule has 0 unspecified atom stereocenters. The van der Waals surface area contributed by atoms with Crippen LogP contribution >= 0.6 is 0 Å². The maximum atomic E-state index is 12.6. The van der Waals surface area contributed by atoms with Gasteiger partial charge in [-0.2, -0.15) is 9.61 Å². The first kappa shape index (κ1) is 15.6. The van der Waals surface area contributed by atoms with Gasteiger partial charge in [0, 0.05) is 22.7 Å². The number of hydrogen-bond donors (Lipinski definition) is 1. The van der Waals surface area contributed by atoms with Crippen molar-refractivity contribution in [3.63, 3.8) is 0 Å². The van der Waals surface area contributed by atoms with E-state index in [1.165, 1.54) is 9.90 Å². The Hall–Kier alpha value is -2.88. The van der Waals surface area contributed by atoms with Crippen LogP contribution in [-0.2, 0) is 5.41 Å². The summed E-state index contributed by atoms with van der Waals surface area (Å²) in [6.45, 7) is 8.23. The van der Waals surface area contributed by atoms with Crippen LogP contribution in [0, 0.1) is 6.92 Å². The quantitative estimate of drug-likeness (QED) is 0.560. The second-order valence-corrected chi connectivity index (χ2v) is 7.52. The third-order valence-corrected chi connectivity index (χ3v) is 4.66. The van der Waals surface area contributed by atoms with Gasteiger partial charge in [0.15, 0.2) is 0 Å². The van der Waals surface area contributed by atoms with Crippen molar-refractivity contribution >= 4 is 16.4 Å². The van der Waals surface area contributed by atoms with E-state index in [9.17, 15) is 4.79 Å². The summed E-state index contributed by atoms with van der Waals surface area (Å²) in [6.07, 6.45) is 0. The molecule has 0 bridgehead atoms. The number of H-pyrrole nitrogens is 1. The van der Waals surface area contributed by atoms with Gasteiger partial charge in [0.1, 0.15) is 5.65 Å². The number of hydrogen-bond acceptors (Lipinski definition) is 2. The molecule has 4 rings (SSSR count). The maximum Gasteiger partial charge on any atom is 0.274 e. The fraction of sp³-hybridized carbons (Fsp3) is 0.238. The Kier molecular flexibility index (Phi) is 3.32.